The van der Waals surface area contributed by atoms with Gasteiger partial charge in [-0.1, -0.05) is 26.5 Å². The van der Waals surface area contributed by atoms with Crippen LogP contribution in [0.15, 0.2) is 24.3 Å². The summed E-state index contributed by atoms with van der Waals surface area (Å²) in [5.74, 6) is -2.41. The molecule has 1 unspecified atom stereocenters. The monoisotopic (exact) mass is 460 g/mol. The van der Waals surface area contributed by atoms with Crippen molar-refractivity contribution >= 4 is 79.4 Å². The van der Waals surface area contributed by atoms with Gasteiger partial charge in [-0.3, -0.25) is 9.35 Å². The first-order chi connectivity index (χ1) is 12.8. The van der Waals surface area contributed by atoms with Gasteiger partial charge in [0.05, 0.1) is 0 Å². The molecule has 1 atom stereocenters. The fourth-order valence-electron chi connectivity index (χ4n) is 1.97. The molecule has 0 saturated carbocycles. The number of ether oxygens (including phenoxy) is 3. The number of hydrogen-bond acceptors (Lipinski definition) is 8. The van der Waals surface area contributed by atoms with Crippen molar-refractivity contribution in [1.82, 2.24) is 0 Å². The van der Waals surface area contributed by atoms with E-state index in [-0.39, 0.29) is 69.0 Å². The number of esters is 3. The van der Waals surface area contributed by atoms with Crippen LogP contribution < -0.4 is 0 Å². The molecule has 0 saturated heterocycles. The molecule has 0 spiro atoms. The van der Waals surface area contributed by atoms with Crippen molar-refractivity contribution in [3.8, 4) is 0 Å². The molecule has 0 bridgehead atoms. The quantitative estimate of drug-likeness (QED) is 0.150. The molecule has 0 heterocycles. The molecule has 0 aliphatic heterocycles. The van der Waals surface area contributed by atoms with Crippen LogP contribution in [0.5, 0.6) is 0 Å². The Labute approximate surface area is 214 Å². The predicted octanol–water partition coefficient (Wildman–Crippen LogP) is 1.18. The standard InChI is InChI=1S/C18H28O9S.K.H/c1-7-8-18(10-26-15(19)12(2)3,11-27-16(20)13(4)5)17(21)25-9-14(6)28(22,23)24;;/h14H,2,4,7-11H2,1,3,5-6H3,(H,22,23,24);;. The van der Waals surface area contributed by atoms with E-state index in [0.717, 1.165) is 6.92 Å². The number of rotatable bonds is 12. The molecule has 1 N–H and O–H groups in total. The molecule has 162 valence electrons. The molecule has 0 rings (SSSR count). The van der Waals surface area contributed by atoms with E-state index in [1.54, 1.807) is 6.92 Å². The van der Waals surface area contributed by atoms with Crippen molar-refractivity contribution in [2.24, 2.45) is 5.41 Å². The Balaban J connectivity index is 0. The molecular formula is C18H29KO9S. The number of carbonyl (C=O) groups excluding carboxylic acids is 3. The summed E-state index contributed by atoms with van der Waals surface area (Å²) in [5, 5.41) is -1.35. The van der Waals surface area contributed by atoms with Gasteiger partial charge in [0.2, 0.25) is 0 Å². The Morgan fingerprint density at radius 2 is 1.41 bits per heavy atom. The Morgan fingerprint density at radius 1 is 1.00 bits per heavy atom. The minimum absolute atomic E-state index is 0. The summed E-state index contributed by atoms with van der Waals surface area (Å²) in [6.45, 7) is 11.1. The van der Waals surface area contributed by atoms with E-state index >= 15 is 0 Å². The number of carbonyl (C=O) groups is 3. The van der Waals surface area contributed by atoms with Gasteiger partial charge in [-0.2, -0.15) is 8.42 Å². The minimum atomic E-state index is -4.40. The first-order valence-corrected chi connectivity index (χ1v) is 10.1. The first kappa shape index (κ1) is 30.6. The summed E-state index contributed by atoms with van der Waals surface area (Å²) < 4.78 is 46.4. The molecule has 0 aromatic carbocycles. The van der Waals surface area contributed by atoms with Gasteiger partial charge in [-0.25, -0.2) is 9.59 Å². The number of hydrogen-bond donors (Lipinski definition) is 1. The van der Waals surface area contributed by atoms with Gasteiger partial charge in [-0.15, -0.1) is 0 Å². The second kappa shape index (κ2) is 13.7. The molecule has 9 nitrogen and oxygen atoms in total. The molecule has 0 aromatic rings. The zero-order valence-electron chi connectivity index (χ0n) is 16.6. The SMILES string of the molecule is C=C(C)C(=O)OCC(CCC)(COC(=O)C(=C)C)C(=O)OCC(C)S(=O)(=O)O.[KH]. The van der Waals surface area contributed by atoms with Crippen LogP contribution in [0.4, 0.5) is 0 Å². The summed E-state index contributed by atoms with van der Waals surface area (Å²) >= 11 is 0. The second-order valence-electron chi connectivity index (χ2n) is 6.67. The van der Waals surface area contributed by atoms with E-state index in [4.69, 9.17) is 18.8 Å². The predicted molar refractivity (Wildman–Crippen MR) is 108 cm³/mol. The van der Waals surface area contributed by atoms with Gasteiger partial charge >= 0.3 is 69.3 Å². The van der Waals surface area contributed by atoms with Crippen molar-refractivity contribution in [2.75, 3.05) is 19.8 Å². The topological polar surface area (TPSA) is 133 Å². The van der Waals surface area contributed by atoms with Crippen molar-refractivity contribution in [1.29, 1.82) is 0 Å². The van der Waals surface area contributed by atoms with E-state index < -0.39 is 58.5 Å². The van der Waals surface area contributed by atoms with Gasteiger partial charge in [0.15, 0.2) is 0 Å². The first-order valence-electron chi connectivity index (χ1n) is 8.55. The van der Waals surface area contributed by atoms with Gasteiger partial charge in [0.25, 0.3) is 10.1 Å². The Bertz CT molecular complexity index is 698. The van der Waals surface area contributed by atoms with Crippen LogP contribution in [0.3, 0.4) is 0 Å². The Kier molecular flexibility index (Phi) is 14.5. The maximum absolute atomic E-state index is 12.7. The van der Waals surface area contributed by atoms with Crippen LogP contribution in [0.2, 0.25) is 0 Å². The Morgan fingerprint density at radius 3 is 1.72 bits per heavy atom. The van der Waals surface area contributed by atoms with Gasteiger partial charge < -0.3 is 14.2 Å². The molecule has 11 heteroatoms. The molecule has 0 amide bonds. The molecule has 0 aliphatic rings. The summed E-state index contributed by atoms with van der Waals surface area (Å²) in [7, 11) is -4.40. The summed E-state index contributed by atoms with van der Waals surface area (Å²) in [4.78, 5) is 36.2. The van der Waals surface area contributed by atoms with Crippen molar-refractivity contribution in [2.45, 2.75) is 45.8 Å². The summed E-state index contributed by atoms with van der Waals surface area (Å²) in [6.07, 6.45) is 0.567. The van der Waals surface area contributed by atoms with Crippen LogP contribution in [0.1, 0.15) is 40.5 Å². The fourth-order valence-corrected chi connectivity index (χ4v) is 2.21. The fraction of sp³-hybridized carbons (Fsp3) is 0.611. The molecular weight excluding hydrogens is 431 g/mol. The molecule has 0 aliphatic carbocycles. The van der Waals surface area contributed by atoms with E-state index in [9.17, 15) is 22.8 Å². The van der Waals surface area contributed by atoms with Gasteiger partial charge in [0.1, 0.15) is 30.5 Å². The summed E-state index contributed by atoms with van der Waals surface area (Å²) in [5.41, 5.74) is -1.33. The van der Waals surface area contributed by atoms with E-state index in [1.165, 1.54) is 13.8 Å². The molecule has 0 aromatic heterocycles. The van der Waals surface area contributed by atoms with Crippen LogP contribution in [0, 0.1) is 5.41 Å². The maximum atomic E-state index is 12.7. The van der Waals surface area contributed by atoms with Crippen LogP contribution in [0.25, 0.3) is 0 Å². The zero-order chi connectivity index (χ0) is 22.1. The van der Waals surface area contributed by atoms with Crippen molar-refractivity contribution in [3.63, 3.8) is 0 Å². The van der Waals surface area contributed by atoms with Crippen LogP contribution in [-0.2, 0) is 38.7 Å². The van der Waals surface area contributed by atoms with Crippen molar-refractivity contribution < 1.29 is 41.6 Å². The van der Waals surface area contributed by atoms with E-state index in [2.05, 4.69) is 13.2 Å². The average molecular weight is 461 g/mol. The molecule has 0 radical (unpaired) electrons. The van der Waals surface area contributed by atoms with Crippen molar-refractivity contribution in [3.05, 3.63) is 24.3 Å². The normalized spacial score (nSPS) is 12.2. The van der Waals surface area contributed by atoms with Crippen LogP contribution in [-0.4, -0.2) is 107 Å². The summed E-state index contributed by atoms with van der Waals surface area (Å²) in [6, 6.07) is 0. The van der Waals surface area contributed by atoms with Gasteiger partial charge in [0, 0.05) is 11.1 Å². The van der Waals surface area contributed by atoms with E-state index in [0.29, 0.717) is 6.42 Å². The van der Waals surface area contributed by atoms with Crippen LogP contribution >= 0.6 is 0 Å². The molecule has 0 fully saturated rings. The van der Waals surface area contributed by atoms with E-state index in [1.807, 2.05) is 0 Å². The zero-order valence-corrected chi connectivity index (χ0v) is 17.5. The third-order valence-electron chi connectivity index (χ3n) is 3.78. The second-order valence-corrected chi connectivity index (χ2v) is 8.50. The average Bonchev–Trinajstić information content (AvgIpc) is 2.59. The molecule has 29 heavy (non-hydrogen) atoms. The Hall–Kier alpha value is -0.564. The third kappa shape index (κ3) is 10.9. The van der Waals surface area contributed by atoms with Gasteiger partial charge in [-0.05, 0) is 27.2 Å². The third-order valence-corrected chi connectivity index (χ3v) is 4.93.